The van der Waals surface area contributed by atoms with Crippen LogP contribution in [0.2, 0.25) is 0 Å². The Morgan fingerprint density at radius 2 is 1.89 bits per heavy atom. The number of nitrogens with one attached hydrogen (secondary N) is 1. The molecule has 3 saturated heterocycles. The monoisotopic (exact) mass is 475 g/mol. The number of aryl methyl sites for hydroxylation is 1. The molecule has 0 unspecified atom stereocenters. The SMILES string of the molecule is Cc1cnc(Nc2ccc(N3C[C@@H]4C[C@H]3CN4C)c(F)c2)nc1-c1ccc(N2CCOCC2)nc1. The summed E-state index contributed by atoms with van der Waals surface area (Å²) in [6.07, 6.45) is 4.74. The van der Waals surface area contributed by atoms with E-state index in [1.807, 2.05) is 37.4 Å². The van der Waals surface area contributed by atoms with E-state index in [0.29, 0.717) is 29.4 Å². The molecule has 0 saturated carbocycles. The maximum Gasteiger partial charge on any atom is 0.227 e. The molecular formula is C26H30FN7O. The highest BCUT2D eigenvalue weighted by atomic mass is 19.1. The lowest BCUT2D eigenvalue weighted by Crippen LogP contribution is -2.44. The molecule has 35 heavy (non-hydrogen) atoms. The van der Waals surface area contributed by atoms with E-state index in [9.17, 15) is 0 Å². The minimum atomic E-state index is -0.222. The number of likely N-dealkylation sites (tertiary alicyclic amines) is 1. The van der Waals surface area contributed by atoms with Gasteiger partial charge in [0.25, 0.3) is 0 Å². The van der Waals surface area contributed by atoms with Crippen molar-refractivity contribution in [2.45, 2.75) is 25.4 Å². The Labute approximate surface area is 204 Å². The van der Waals surface area contributed by atoms with E-state index in [4.69, 9.17) is 9.72 Å². The van der Waals surface area contributed by atoms with Gasteiger partial charge >= 0.3 is 0 Å². The molecule has 0 aliphatic carbocycles. The van der Waals surface area contributed by atoms with Crippen LogP contribution in [0.15, 0.2) is 42.7 Å². The maximum atomic E-state index is 15.1. The summed E-state index contributed by atoms with van der Waals surface area (Å²) in [5.74, 6) is 1.15. The number of aromatic nitrogens is 3. The number of piperazine rings is 1. The van der Waals surface area contributed by atoms with E-state index >= 15 is 4.39 Å². The molecule has 2 bridgehead atoms. The van der Waals surface area contributed by atoms with Crippen molar-refractivity contribution in [2.75, 3.05) is 61.6 Å². The average molecular weight is 476 g/mol. The standard InChI is InChI=1S/C26H30FN7O/c1-17-13-29-26(31-25(17)18-3-6-24(28-14-18)33-7-9-35-10-8-33)30-19-4-5-23(22(27)11-19)34-16-20-12-21(34)15-32(20)2/h3-6,11,13-14,20-21H,7-10,12,15-16H2,1-2H3,(H,29,30,31)/t20-,21-/m0/s1. The fourth-order valence-electron chi connectivity index (χ4n) is 5.41. The summed E-state index contributed by atoms with van der Waals surface area (Å²) in [4.78, 5) is 20.6. The molecule has 9 heteroatoms. The second-order valence-electron chi connectivity index (χ2n) is 9.66. The highest BCUT2D eigenvalue weighted by Gasteiger charge is 2.42. The molecule has 8 nitrogen and oxygen atoms in total. The first-order valence-corrected chi connectivity index (χ1v) is 12.2. The summed E-state index contributed by atoms with van der Waals surface area (Å²) in [5, 5.41) is 3.17. The number of benzene rings is 1. The smallest absolute Gasteiger partial charge is 0.227 e. The number of ether oxygens (including phenoxy) is 1. The van der Waals surface area contributed by atoms with Crippen molar-refractivity contribution >= 4 is 23.1 Å². The van der Waals surface area contributed by atoms with Crippen LogP contribution >= 0.6 is 0 Å². The van der Waals surface area contributed by atoms with E-state index < -0.39 is 0 Å². The molecule has 1 aromatic carbocycles. The second kappa shape index (κ2) is 9.05. The van der Waals surface area contributed by atoms with E-state index in [1.54, 1.807) is 6.20 Å². The van der Waals surface area contributed by atoms with Gasteiger partial charge in [0.2, 0.25) is 5.95 Å². The van der Waals surface area contributed by atoms with Crippen molar-refractivity contribution < 1.29 is 9.13 Å². The summed E-state index contributed by atoms with van der Waals surface area (Å²) in [7, 11) is 2.15. The quantitative estimate of drug-likeness (QED) is 0.602. The zero-order valence-electron chi connectivity index (χ0n) is 20.1. The first-order chi connectivity index (χ1) is 17.0. The zero-order chi connectivity index (χ0) is 23.9. The van der Waals surface area contributed by atoms with Crippen molar-refractivity contribution in [2.24, 2.45) is 0 Å². The van der Waals surface area contributed by atoms with Gasteiger partial charge in [0.05, 0.1) is 24.6 Å². The molecule has 3 fully saturated rings. The van der Waals surface area contributed by atoms with Crippen LogP contribution in [-0.4, -0.2) is 78.4 Å². The van der Waals surface area contributed by atoms with E-state index in [1.165, 1.54) is 6.07 Å². The van der Waals surface area contributed by atoms with Gasteiger partial charge in [0.1, 0.15) is 11.6 Å². The van der Waals surface area contributed by atoms with Crippen molar-refractivity contribution in [3.63, 3.8) is 0 Å². The van der Waals surface area contributed by atoms with Gasteiger partial charge < -0.3 is 19.9 Å². The fourth-order valence-corrected chi connectivity index (χ4v) is 5.41. The molecule has 0 amide bonds. The van der Waals surface area contributed by atoms with Crippen LogP contribution < -0.4 is 15.1 Å². The predicted octanol–water partition coefficient (Wildman–Crippen LogP) is 3.46. The number of fused-ring (bicyclic) bond motifs is 2. The first-order valence-electron chi connectivity index (χ1n) is 12.2. The minimum Gasteiger partial charge on any atom is -0.378 e. The Hall–Kier alpha value is -3.30. The molecule has 0 spiro atoms. The van der Waals surface area contributed by atoms with Crippen molar-refractivity contribution in [3.05, 3.63) is 54.1 Å². The lowest BCUT2D eigenvalue weighted by Gasteiger charge is -2.33. The molecule has 5 heterocycles. The number of likely N-dealkylation sites (N-methyl/N-ethyl adjacent to an activating group) is 1. The molecule has 182 valence electrons. The summed E-state index contributed by atoms with van der Waals surface area (Å²) in [5.41, 5.74) is 3.97. The molecule has 0 radical (unpaired) electrons. The number of pyridine rings is 1. The van der Waals surface area contributed by atoms with E-state index in [-0.39, 0.29) is 5.82 Å². The van der Waals surface area contributed by atoms with Gasteiger partial charge in [0.15, 0.2) is 0 Å². The van der Waals surface area contributed by atoms with Gasteiger partial charge in [-0.3, -0.25) is 4.90 Å². The van der Waals surface area contributed by atoms with Crippen LogP contribution in [-0.2, 0) is 4.74 Å². The number of morpholine rings is 1. The van der Waals surface area contributed by atoms with E-state index in [2.05, 4.69) is 37.0 Å². The van der Waals surface area contributed by atoms with Crippen LogP contribution in [0.1, 0.15) is 12.0 Å². The molecule has 1 N–H and O–H groups in total. The highest BCUT2D eigenvalue weighted by molar-refractivity contribution is 5.66. The number of anilines is 4. The van der Waals surface area contributed by atoms with Crippen LogP contribution in [0.25, 0.3) is 11.3 Å². The lowest BCUT2D eigenvalue weighted by molar-refractivity contribution is 0.122. The molecule has 3 aliphatic heterocycles. The van der Waals surface area contributed by atoms with Gasteiger partial charge in [-0.15, -0.1) is 0 Å². The molecule has 2 aromatic heterocycles. The van der Waals surface area contributed by atoms with Gasteiger partial charge in [-0.2, -0.15) is 0 Å². The average Bonchev–Trinajstić information content (AvgIpc) is 3.46. The minimum absolute atomic E-state index is 0.222. The van der Waals surface area contributed by atoms with Crippen molar-refractivity contribution in [3.8, 4) is 11.3 Å². The third kappa shape index (κ3) is 4.30. The van der Waals surface area contributed by atoms with Gasteiger partial charge in [-0.1, -0.05) is 0 Å². The number of hydrogen-bond donors (Lipinski definition) is 1. The van der Waals surface area contributed by atoms with Crippen molar-refractivity contribution in [1.29, 1.82) is 0 Å². The summed E-state index contributed by atoms with van der Waals surface area (Å²) in [6, 6.07) is 10.3. The Bertz CT molecular complexity index is 1210. The van der Waals surface area contributed by atoms with Crippen molar-refractivity contribution in [1.82, 2.24) is 19.9 Å². The number of halogens is 1. The Morgan fingerprint density at radius 3 is 2.57 bits per heavy atom. The fraction of sp³-hybridized carbons (Fsp3) is 0.423. The van der Waals surface area contributed by atoms with Crippen LogP contribution in [0.3, 0.4) is 0 Å². The topological polar surface area (TPSA) is 69.7 Å². The third-order valence-corrected chi connectivity index (χ3v) is 7.36. The number of rotatable bonds is 5. The van der Waals surface area contributed by atoms with E-state index in [0.717, 1.165) is 68.5 Å². The largest absolute Gasteiger partial charge is 0.378 e. The summed E-state index contributed by atoms with van der Waals surface area (Å²) >= 11 is 0. The van der Waals surface area contributed by atoms with Crippen LogP contribution in [0.4, 0.5) is 27.5 Å². The molecule has 3 aromatic rings. The van der Waals surface area contributed by atoms with Crippen LogP contribution in [0.5, 0.6) is 0 Å². The maximum absolute atomic E-state index is 15.1. The second-order valence-corrected chi connectivity index (χ2v) is 9.66. The third-order valence-electron chi connectivity index (χ3n) is 7.36. The Kier molecular flexibility index (Phi) is 5.74. The predicted molar refractivity (Wildman–Crippen MR) is 135 cm³/mol. The van der Waals surface area contributed by atoms with Gasteiger partial charge in [0, 0.05) is 61.9 Å². The summed E-state index contributed by atoms with van der Waals surface area (Å²) < 4.78 is 20.5. The molecule has 3 aliphatic rings. The normalized spacial score (nSPS) is 22.1. The van der Waals surface area contributed by atoms with Gasteiger partial charge in [-0.05, 0) is 56.3 Å². The summed E-state index contributed by atoms with van der Waals surface area (Å²) in [6.45, 7) is 6.99. The lowest BCUT2D eigenvalue weighted by atomic mass is 10.1. The zero-order valence-corrected chi connectivity index (χ0v) is 20.1. The molecule has 6 rings (SSSR count). The number of nitrogens with zero attached hydrogens (tertiary/aromatic N) is 6. The number of hydrogen-bond acceptors (Lipinski definition) is 8. The highest BCUT2D eigenvalue weighted by Crippen LogP contribution is 2.36. The Balaban J connectivity index is 1.19. The van der Waals surface area contributed by atoms with Crippen LogP contribution in [0, 0.1) is 12.7 Å². The molecule has 2 atom stereocenters. The van der Waals surface area contributed by atoms with Gasteiger partial charge in [-0.25, -0.2) is 19.3 Å². The molecular weight excluding hydrogens is 445 g/mol. The Morgan fingerprint density at radius 1 is 1.03 bits per heavy atom. The first kappa shape index (κ1) is 22.2.